The maximum absolute atomic E-state index is 12.1. The summed E-state index contributed by atoms with van der Waals surface area (Å²) in [7, 11) is -3.45. The van der Waals surface area contributed by atoms with Crippen molar-refractivity contribution in [2.24, 2.45) is 0 Å². The van der Waals surface area contributed by atoms with Gasteiger partial charge in [-0.15, -0.1) is 0 Å². The highest BCUT2D eigenvalue weighted by molar-refractivity contribution is 7.89. The lowest BCUT2D eigenvalue weighted by Gasteiger charge is -2.15. The molecule has 1 aromatic rings. The van der Waals surface area contributed by atoms with Gasteiger partial charge in [0.15, 0.2) is 0 Å². The van der Waals surface area contributed by atoms with E-state index in [-0.39, 0.29) is 15.7 Å². The van der Waals surface area contributed by atoms with E-state index in [1.54, 1.807) is 0 Å². The highest BCUT2D eigenvalue weighted by atomic mass is 35.5. The third-order valence-corrected chi connectivity index (χ3v) is 4.71. The molecule has 1 aliphatic heterocycles. The Kier molecular flexibility index (Phi) is 3.05. The van der Waals surface area contributed by atoms with Crippen molar-refractivity contribution in [2.75, 3.05) is 18.8 Å². The van der Waals surface area contributed by atoms with E-state index in [4.69, 9.17) is 17.3 Å². The molecule has 0 atom stereocenters. The van der Waals surface area contributed by atoms with E-state index in [0.29, 0.717) is 13.1 Å². The van der Waals surface area contributed by atoms with Gasteiger partial charge in [-0.1, -0.05) is 11.6 Å². The van der Waals surface area contributed by atoms with Crippen LogP contribution in [0.2, 0.25) is 5.02 Å². The average Bonchev–Trinajstić information content (AvgIpc) is 2.75. The Labute approximate surface area is 99.3 Å². The fourth-order valence-corrected chi connectivity index (χ4v) is 3.37. The molecule has 2 heterocycles. The van der Waals surface area contributed by atoms with Crippen molar-refractivity contribution < 1.29 is 8.42 Å². The van der Waals surface area contributed by atoms with Crippen molar-refractivity contribution in [3.63, 3.8) is 0 Å². The largest absolute Gasteiger partial charge is 0.382 e. The van der Waals surface area contributed by atoms with Crippen LogP contribution in [-0.2, 0) is 10.0 Å². The first-order chi connectivity index (χ1) is 7.51. The van der Waals surface area contributed by atoms with Crippen LogP contribution >= 0.6 is 11.6 Å². The number of nitrogen functional groups attached to an aromatic ring is 1. The number of hydrogen-bond acceptors (Lipinski definition) is 4. The molecule has 0 unspecified atom stereocenters. The molecule has 1 saturated heterocycles. The van der Waals surface area contributed by atoms with Crippen LogP contribution in [0.15, 0.2) is 17.2 Å². The molecule has 0 bridgehead atoms. The zero-order valence-corrected chi connectivity index (χ0v) is 10.1. The van der Waals surface area contributed by atoms with Gasteiger partial charge in [-0.3, -0.25) is 0 Å². The van der Waals surface area contributed by atoms with Crippen molar-refractivity contribution in [3.05, 3.63) is 17.3 Å². The minimum Gasteiger partial charge on any atom is -0.382 e. The summed E-state index contributed by atoms with van der Waals surface area (Å²) >= 11 is 5.76. The number of nitrogens with zero attached hydrogens (tertiary/aromatic N) is 2. The van der Waals surface area contributed by atoms with Crippen molar-refractivity contribution in [2.45, 2.75) is 17.7 Å². The minimum atomic E-state index is -3.45. The lowest BCUT2D eigenvalue weighted by molar-refractivity contribution is 0.477. The molecule has 0 spiro atoms. The quantitative estimate of drug-likeness (QED) is 0.865. The maximum atomic E-state index is 12.1. The first kappa shape index (κ1) is 11.6. The standard InChI is InChI=1S/C9H12ClN3O2S/c10-8-5-7(6-12-9(8)11)16(14,15)13-3-1-2-4-13/h5-6H,1-4H2,(H2,11,12). The smallest absolute Gasteiger partial charge is 0.244 e. The van der Waals surface area contributed by atoms with E-state index in [0.717, 1.165) is 12.8 Å². The van der Waals surface area contributed by atoms with Gasteiger partial charge in [-0.25, -0.2) is 13.4 Å². The molecule has 1 aromatic heterocycles. The second kappa shape index (κ2) is 4.20. The van der Waals surface area contributed by atoms with Gasteiger partial charge < -0.3 is 5.73 Å². The highest BCUT2D eigenvalue weighted by Gasteiger charge is 2.27. The summed E-state index contributed by atoms with van der Waals surface area (Å²) in [5.74, 6) is 0.141. The van der Waals surface area contributed by atoms with Crippen LogP contribution in [0, 0.1) is 0 Å². The van der Waals surface area contributed by atoms with Crippen molar-refractivity contribution in [3.8, 4) is 0 Å². The lowest BCUT2D eigenvalue weighted by Crippen LogP contribution is -2.28. The van der Waals surface area contributed by atoms with E-state index in [2.05, 4.69) is 4.98 Å². The molecule has 0 aromatic carbocycles. The van der Waals surface area contributed by atoms with Crippen LogP contribution in [0.25, 0.3) is 0 Å². The zero-order valence-electron chi connectivity index (χ0n) is 8.56. The maximum Gasteiger partial charge on any atom is 0.244 e. The van der Waals surface area contributed by atoms with Crippen LogP contribution in [0.1, 0.15) is 12.8 Å². The number of sulfonamides is 1. The van der Waals surface area contributed by atoms with Gasteiger partial charge in [0, 0.05) is 19.3 Å². The van der Waals surface area contributed by atoms with Gasteiger partial charge in [-0.2, -0.15) is 4.31 Å². The van der Waals surface area contributed by atoms with E-state index in [1.165, 1.54) is 16.6 Å². The van der Waals surface area contributed by atoms with Crippen molar-refractivity contribution in [1.82, 2.24) is 9.29 Å². The molecule has 0 aliphatic carbocycles. The number of halogens is 1. The Hall–Kier alpha value is -0.850. The topological polar surface area (TPSA) is 76.3 Å². The van der Waals surface area contributed by atoms with Gasteiger partial charge >= 0.3 is 0 Å². The second-order valence-corrected chi connectivity index (χ2v) is 5.99. The molecule has 0 radical (unpaired) electrons. The molecular formula is C9H12ClN3O2S. The lowest BCUT2D eigenvalue weighted by atomic mass is 10.4. The van der Waals surface area contributed by atoms with Crippen LogP contribution in [0.3, 0.4) is 0 Å². The molecule has 1 aliphatic rings. The van der Waals surface area contributed by atoms with Gasteiger partial charge in [-0.05, 0) is 18.9 Å². The molecule has 2 N–H and O–H groups in total. The summed E-state index contributed by atoms with van der Waals surface area (Å²) in [6, 6.07) is 1.34. The Morgan fingerprint density at radius 3 is 2.56 bits per heavy atom. The molecule has 88 valence electrons. The van der Waals surface area contributed by atoms with Gasteiger partial charge in [0.1, 0.15) is 10.7 Å². The van der Waals surface area contributed by atoms with E-state index >= 15 is 0 Å². The average molecular weight is 262 g/mol. The minimum absolute atomic E-state index is 0.105. The fourth-order valence-electron chi connectivity index (χ4n) is 1.65. The van der Waals surface area contributed by atoms with Gasteiger partial charge in [0.2, 0.25) is 10.0 Å². The monoisotopic (exact) mass is 261 g/mol. The van der Waals surface area contributed by atoms with Gasteiger partial charge in [0.05, 0.1) is 5.02 Å². The van der Waals surface area contributed by atoms with Crippen LogP contribution < -0.4 is 5.73 Å². The Balaban J connectivity index is 2.39. The normalized spacial score (nSPS) is 17.8. The van der Waals surface area contributed by atoms with E-state index in [9.17, 15) is 8.42 Å². The van der Waals surface area contributed by atoms with Crippen molar-refractivity contribution >= 4 is 27.4 Å². The SMILES string of the molecule is Nc1ncc(S(=O)(=O)N2CCCC2)cc1Cl. The highest BCUT2D eigenvalue weighted by Crippen LogP contribution is 2.24. The number of pyridine rings is 1. The molecule has 0 amide bonds. The molecule has 1 fully saturated rings. The van der Waals surface area contributed by atoms with Crippen LogP contribution in [-0.4, -0.2) is 30.8 Å². The zero-order chi connectivity index (χ0) is 11.8. The van der Waals surface area contributed by atoms with Crippen molar-refractivity contribution in [1.29, 1.82) is 0 Å². The first-order valence-electron chi connectivity index (χ1n) is 4.93. The van der Waals surface area contributed by atoms with Crippen LogP contribution in [0.4, 0.5) is 5.82 Å². The third-order valence-electron chi connectivity index (χ3n) is 2.55. The summed E-state index contributed by atoms with van der Waals surface area (Å²) in [4.78, 5) is 3.86. The summed E-state index contributed by atoms with van der Waals surface area (Å²) in [5, 5.41) is 0.167. The molecule has 7 heteroatoms. The van der Waals surface area contributed by atoms with Gasteiger partial charge in [0.25, 0.3) is 0 Å². The summed E-state index contributed by atoms with van der Waals surface area (Å²) in [6.07, 6.45) is 3.04. The number of nitrogens with two attached hydrogens (primary N) is 1. The molecular weight excluding hydrogens is 250 g/mol. The Morgan fingerprint density at radius 2 is 2.00 bits per heavy atom. The predicted molar refractivity (Wildman–Crippen MR) is 61.7 cm³/mol. The molecule has 16 heavy (non-hydrogen) atoms. The number of rotatable bonds is 2. The number of hydrogen-bond donors (Lipinski definition) is 1. The Morgan fingerprint density at radius 1 is 1.38 bits per heavy atom. The molecule has 0 saturated carbocycles. The molecule has 5 nitrogen and oxygen atoms in total. The summed E-state index contributed by atoms with van der Waals surface area (Å²) in [5.41, 5.74) is 5.43. The fraction of sp³-hybridized carbons (Fsp3) is 0.444. The summed E-state index contributed by atoms with van der Waals surface area (Å²) < 4.78 is 25.6. The predicted octanol–water partition coefficient (Wildman–Crippen LogP) is 1.10. The Bertz CT molecular complexity index is 497. The molecule has 2 rings (SSSR count). The van der Waals surface area contributed by atoms with E-state index in [1.807, 2.05) is 0 Å². The van der Waals surface area contributed by atoms with E-state index < -0.39 is 10.0 Å². The number of anilines is 1. The summed E-state index contributed by atoms with van der Waals surface area (Å²) in [6.45, 7) is 1.12. The number of aromatic nitrogens is 1. The first-order valence-corrected chi connectivity index (χ1v) is 6.75. The van der Waals surface area contributed by atoms with Crippen LogP contribution in [0.5, 0.6) is 0 Å². The third kappa shape index (κ3) is 2.00. The second-order valence-electron chi connectivity index (χ2n) is 3.65.